The minimum atomic E-state index is -0.995. The van der Waals surface area contributed by atoms with E-state index in [1.807, 2.05) is 24.3 Å². The summed E-state index contributed by atoms with van der Waals surface area (Å²) in [5.74, 6) is -0.167. The number of nitrogens with one attached hydrogen (secondary N) is 2. The number of hydrogen-bond acceptors (Lipinski definition) is 3. The van der Waals surface area contributed by atoms with E-state index in [1.54, 1.807) is 13.8 Å². The Hall–Kier alpha value is -2.24. The zero-order valence-electron chi connectivity index (χ0n) is 12.2. The summed E-state index contributed by atoms with van der Waals surface area (Å²) in [6.45, 7) is 3.75. The smallest absolute Gasteiger partial charge is 0.315 e. The van der Waals surface area contributed by atoms with Gasteiger partial charge in [0.2, 0.25) is 0 Å². The Morgan fingerprint density at radius 1 is 1.38 bits per heavy atom. The van der Waals surface area contributed by atoms with Gasteiger partial charge in [0.15, 0.2) is 0 Å². The molecule has 6 heteroatoms. The zero-order chi connectivity index (χ0) is 15.5. The zero-order valence-corrected chi connectivity index (χ0v) is 12.2. The van der Waals surface area contributed by atoms with E-state index in [4.69, 9.17) is 9.84 Å². The van der Waals surface area contributed by atoms with Crippen LogP contribution in [-0.2, 0) is 4.79 Å². The van der Waals surface area contributed by atoms with Crippen LogP contribution in [0.1, 0.15) is 31.9 Å². The predicted molar refractivity (Wildman–Crippen MR) is 77.2 cm³/mol. The molecular formula is C15H20N2O4. The van der Waals surface area contributed by atoms with Crippen molar-refractivity contribution in [2.45, 2.75) is 26.3 Å². The predicted octanol–water partition coefficient (Wildman–Crippen LogP) is 1.92. The highest BCUT2D eigenvalue weighted by molar-refractivity contribution is 5.77. The third-order valence-corrected chi connectivity index (χ3v) is 3.53. The summed E-state index contributed by atoms with van der Waals surface area (Å²) in [4.78, 5) is 22.9. The Morgan fingerprint density at radius 2 is 2.10 bits per heavy atom. The molecule has 1 aromatic rings. The maximum atomic E-state index is 11.9. The lowest BCUT2D eigenvalue weighted by atomic mass is 9.94. The number of rotatable bonds is 4. The molecule has 1 aliphatic rings. The number of ether oxygens (including phenoxy) is 1. The first-order valence-corrected chi connectivity index (χ1v) is 6.89. The minimum absolute atomic E-state index is 0.0685. The number of aliphatic carboxylic acids is 1. The summed E-state index contributed by atoms with van der Waals surface area (Å²) in [6.07, 6.45) is 0.687. The molecule has 2 rings (SSSR count). The van der Waals surface area contributed by atoms with Gasteiger partial charge in [0.1, 0.15) is 5.75 Å². The topological polar surface area (TPSA) is 87.7 Å². The molecular weight excluding hydrogens is 272 g/mol. The van der Waals surface area contributed by atoms with Crippen molar-refractivity contribution in [3.05, 3.63) is 29.8 Å². The van der Waals surface area contributed by atoms with Crippen molar-refractivity contribution in [1.29, 1.82) is 0 Å². The van der Waals surface area contributed by atoms with Crippen molar-refractivity contribution in [2.24, 2.45) is 5.41 Å². The van der Waals surface area contributed by atoms with E-state index >= 15 is 0 Å². The van der Waals surface area contributed by atoms with Gasteiger partial charge in [-0.2, -0.15) is 0 Å². The van der Waals surface area contributed by atoms with Crippen LogP contribution in [0.2, 0.25) is 0 Å². The summed E-state index contributed by atoms with van der Waals surface area (Å²) in [5, 5.41) is 14.5. The van der Waals surface area contributed by atoms with Crippen molar-refractivity contribution in [3.63, 3.8) is 0 Å². The number of hydrogen-bond donors (Lipinski definition) is 3. The van der Waals surface area contributed by atoms with Crippen LogP contribution in [-0.4, -0.2) is 30.3 Å². The highest BCUT2D eigenvalue weighted by Crippen LogP contribution is 2.31. The molecule has 0 spiro atoms. The molecule has 21 heavy (non-hydrogen) atoms. The number of benzene rings is 1. The van der Waals surface area contributed by atoms with E-state index in [9.17, 15) is 9.59 Å². The number of fused-ring (bicyclic) bond motifs is 1. The average Bonchev–Trinajstić information content (AvgIpc) is 2.45. The number of carbonyl (C=O) groups is 2. The van der Waals surface area contributed by atoms with Gasteiger partial charge in [0.05, 0.1) is 18.1 Å². The van der Waals surface area contributed by atoms with Gasteiger partial charge in [-0.3, -0.25) is 4.79 Å². The van der Waals surface area contributed by atoms with Crippen molar-refractivity contribution in [2.75, 3.05) is 13.2 Å². The molecule has 1 heterocycles. The summed E-state index contributed by atoms with van der Waals surface area (Å²) in [7, 11) is 0. The first-order valence-electron chi connectivity index (χ1n) is 6.89. The monoisotopic (exact) mass is 292 g/mol. The van der Waals surface area contributed by atoms with E-state index in [0.29, 0.717) is 13.0 Å². The molecule has 0 radical (unpaired) electrons. The Labute approximate surface area is 123 Å². The van der Waals surface area contributed by atoms with Crippen molar-refractivity contribution in [3.8, 4) is 5.75 Å². The summed E-state index contributed by atoms with van der Waals surface area (Å²) < 4.78 is 5.53. The van der Waals surface area contributed by atoms with Crippen LogP contribution >= 0.6 is 0 Å². The lowest BCUT2D eigenvalue weighted by molar-refractivity contribution is -0.146. The van der Waals surface area contributed by atoms with Gasteiger partial charge in [-0.1, -0.05) is 18.2 Å². The first-order chi connectivity index (χ1) is 9.90. The Bertz CT molecular complexity index is 542. The second-order valence-electron chi connectivity index (χ2n) is 5.74. The SMILES string of the molecule is CC(C)(CNC(=O)NC1CCOc2ccccc21)C(=O)O. The van der Waals surface area contributed by atoms with Gasteiger partial charge in [0.25, 0.3) is 0 Å². The first kappa shape index (κ1) is 15.2. The molecule has 0 bridgehead atoms. The van der Waals surface area contributed by atoms with Gasteiger partial charge < -0.3 is 20.5 Å². The molecule has 1 aliphatic heterocycles. The van der Waals surface area contributed by atoms with Crippen molar-refractivity contribution >= 4 is 12.0 Å². The van der Waals surface area contributed by atoms with Crippen LogP contribution in [0, 0.1) is 5.41 Å². The van der Waals surface area contributed by atoms with Gasteiger partial charge in [0, 0.05) is 18.5 Å². The lowest BCUT2D eigenvalue weighted by Gasteiger charge is -2.27. The quantitative estimate of drug-likeness (QED) is 0.791. The second kappa shape index (κ2) is 6.03. The standard InChI is InChI=1S/C15H20N2O4/c1-15(2,13(18)19)9-16-14(20)17-11-7-8-21-12-6-4-3-5-10(11)12/h3-6,11H,7-9H2,1-2H3,(H,18,19)(H2,16,17,20). The molecule has 3 N–H and O–H groups in total. The molecule has 6 nitrogen and oxygen atoms in total. The van der Waals surface area contributed by atoms with E-state index in [2.05, 4.69) is 10.6 Å². The Morgan fingerprint density at radius 3 is 2.81 bits per heavy atom. The largest absolute Gasteiger partial charge is 0.493 e. The molecule has 1 unspecified atom stereocenters. The highest BCUT2D eigenvalue weighted by Gasteiger charge is 2.28. The number of para-hydroxylation sites is 1. The van der Waals surface area contributed by atoms with Crippen molar-refractivity contribution in [1.82, 2.24) is 10.6 Å². The molecule has 1 atom stereocenters. The number of carbonyl (C=O) groups excluding carboxylic acids is 1. The summed E-state index contributed by atoms with van der Waals surface area (Å²) in [6, 6.07) is 7.08. The maximum Gasteiger partial charge on any atom is 0.315 e. The molecule has 2 amide bonds. The van der Waals surface area contributed by atoms with Crippen LogP contribution in [0.15, 0.2) is 24.3 Å². The third kappa shape index (κ3) is 3.65. The van der Waals surface area contributed by atoms with Crippen LogP contribution in [0.3, 0.4) is 0 Å². The Kier molecular flexibility index (Phi) is 4.35. The number of carboxylic acid groups (broad SMARTS) is 1. The third-order valence-electron chi connectivity index (χ3n) is 3.53. The van der Waals surface area contributed by atoms with Gasteiger partial charge in [-0.05, 0) is 19.9 Å². The maximum absolute atomic E-state index is 11.9. The molecule has 0 saturated carbocycles. The van der Waals surface area contributed by atoms with Crippen molar-refractivity contribution < 1.29 is 19.4 Å². The lowest BCUT2D eigenvalue weighted by Crippen LogP contribution is -2.45. The van der Waals surface area contributed by atoms with Crippen LogP contribution in [0.25, 0.3) is 0 Å². The molecule has 1 aromatic carbocycles. The van der Waals surface area contributed by atoms with Crippen LogP contribution < -0.4 is 15.4 Å². The van der Waals surface area contributed by atoms with E-state index < -0.39 is 11.4 Å². The number of urea groups is 1. The molecule has 114 valence electrons. The van der Waals surface area contributed by atoms with E-state index in [0.717, 1.165) is 11.3 Å². The molecule has 0 saturated heterocycles. The average molecular weight is 292 g/mol. The normalized spacial score (nSPS) is 17.3. The van der Waals surface area contributed by atoms with Crippen LogP contribution in [0.4, 0.5) is 4.79 Å². The van der Waals surface area contributed by atoms with E-state index in [-0.39, 0.29) is 18.6 Å². The van der Waals surface area contributed by atoms with Crippen LogP contribution in [0.5, 0.6) is 5.75 Å². The fourth-order valence-electron chi connectivity index (χ4n) is 2.08. The van der Waals surface area contributed by atoms with Gasteiger partial charge >= 0.3 is 12.0 Å². The van der Waals surface area contributed by atoms with E-state index in [1.165, 1.54) is 0 Å². The second-order valence-corrected chi connectivity index (χ2v) is 5.74. The fraction of sp³-hybridized carbons (Fsp3) is 0.467. The molecule has 0 fully saturated rings. The van der Waals surface area contributed by atoms with Gasteiger partial charge in [-0.15, -0.1) is 0 Å². The summed E-state index contributed by atoms with van der Waals surface area (Å²) >= 11 is 0. The highest BCUT2D eigenvalue weighted by atomic mass is 16.5. The summed E-state index contributed by atoms with van der Waals surface area (Å²) in [5.41, 5.74) is -0.0540. The number of carboxylic acids is 1. The molecule has 0 aromatic heterocycles. The number of amides is 2. The van der Waals surface area contributed by atoms with Gasteiger partial charge in [-0.25, -0.2) is 4.79 Å². The molecule has 0 aliphatic carbocycles. The fourth-order valence-corrected chi connectivity index (χ4v) is 2.08. The minimum Gasteiger partial charge on any atom is -0.493 e. The Balaban J connectivity index is 1.94.